The topological polar surface area (TPSA) is 118 Å². The van der Waals surface area contributed by atoms with Gasteiger partial charge in [-0.25, -0.2) is 5.10 Å². The zero-order valence-corrected chi connectivity index (χ0v) is 12.4. The minimum absolute atomic E-state index is 0.00497. The number of carbonyl (C=O) groups is 1. The first-order chi connectivity index (χ1) is 11.7. The van der Waals surface area contributed by atoms with Crippen molar-refractivity contribution in [2.75, 3.05) is 13.1 Å². The molecule has 3 aromatic heterocycles. The van der Waals surface area contributed by atoms with Crippen LogP contribution in [0.1, 0.15) is 22.3 Å². The zero-order valence-electron chi connectivity index (χ0n) is 12.4. The number of nitrogens with zero attached hydrogens (tertiary/aromatic N) is 5. The van der Waals surface area contributed by atoms with E-state index < -0.39 is 0 Å². The second-order valence-corrected chi connectivity index (χ2v) is 5.41. The van der Waals surface area contributed by atoms with E-state index in [1.165, 1.54) is 12.1 Å². The number of aromatic nitrogens is 5. The molecule has 0 saturated carbocycles. The quantitative estimate of drug-likeness (QED) is 0.743. The van der Waals surface area contributed by atoms with E-state index in [-0.39, 0.29) is 23.1 Å². The van der Waals surface area contributed by atoms with Crippen molar-refractivity contribution < 1.29 is 9.32 Å². The lowest BCUT2D eigenvalue weighted by atomic mass is 9.99. The number of likely N-dealkylation sites (tertiary alicyclic amines) is 1. The van der Waals surface area contributed by atoms with E-state index in [2.05, 4.69) is 25.3 Å². The van der Waals surface area contributed by atoms with E-state index in [4.69, 9.17) is 4.52 Å². The fourth-order valence-electron chi connectivity index (χ4n) is 2.44. The van der Waals surface area contributed by atoms with Gasteiger partial charge in [-0.15, -0.1) is 0 Å². The van der Waals surface area contributed by atoms with E-state index in [1.807, 2.05) is 6.07 Å². The molecular weight excluding hydrogens is 312 g/mol. The molecule has 3 aromatic rings. The molecule has 24 heavy (non-hydrogen) atoms. The Kier molecular flexibility index (Phi) is 3.38. The molecule has 0 atom stereocenters. The first kappa shape index (κ1) is 14.2. The van der Waals surface area contributed by atoms with Gasteiger partial charge in [-0.1, -0.05) is 5.16 Å². The maximum Gasteiger partial charge on any atom is 0.274 e. The molecule has 1 amide bonds. The molecule has 1 fully saturated rings. The smallest absolute Gasteiger partial charge is 0.274 e. The molecule has 0 aliphatic carbocycles. The van der Waals surface area contributed by atoms with Crippen LogP contribution in [0.15, 0.2) is 46.0 Å². The van der Waals surface area contributed by atoms with Crippen LogP contribution in [0.3, 0.4) is 0 Å². The Morgan fingerprint density at radius 3 is 2.88 bits per heavy atom. The maximum atomic E-state index is 12.2. The van der Waals surface area contributed by atoms with Gasteiger partial charge >= 0.3 is 0 Å². The average molecular weight is 324 g/mol. The molecule has 1 aliphatic rings. The molecular formula is C15H12N6O3. The summed E-state index contributed by atoms with van der Waals surface area (Å²) in [7, 11) is 0. The molecule has 120 valence electrons. The summed E-state index contributed by atoms with van der Waals surface area (Å²) in [6.45, 7) is 0.933. The largest absolute Gasteiger partial charge is 0.339 e. The third kappa shape index (κ3) is 2.56. The molecule has 4 heterocycles. The van der Waals surface area contributed by atoms with Crippen molar-refractivity contribution in [1.29, 1.82) is 0 Å². The molecule has 1 saturated heterocycles. The number of nitrogens with one attached hydrogen (secondary N) is 1. The predicted molar refractivity (Wildman–Crippen MR) is 81.0 cm³/mol. The highest BCUT2D eigenvalue weighted by molar-refractivity contribution is 5.92. The lowest BCUT2D eigenvalue weighted by Gasteiger charge is -2.36. The number of aromatic amines is 1. The Balaban J connectivity index is 1.43. The first-order valence-corrected chi connectivity index (χ1v) is 7.30. The maximum absolute atomic E-state index is 12.2. The molecule has 0 aromatic carbocycles. The van der Waals surface area contributed by atoms with E-state index >= 15 is 0 Å². The summed E-state index contributed by atoms with van der Waals surface area (Å²) in [5, 5.41) is 9.93. The van der Waals surface area contributed by atoms with Gasteiger partial charge in [0, 0.05) is 37.1 Å². The lowest BCUT2D eigenvalue weighted by molar-refractivity contribution is 0.0562. The average Bonchev–Trinajstić information content (AvgIpc) is 3.04. The standard InChI is InChI=1S/C15H12N6O3/c22-12-4-3-11(18-19-12)15(23)21-7-10(8-21)14-17-13(20-24-14)9-2-1-5-16-6-9/h1-6,10H,7-8H2,(H,19,22). The van der Waals surface area contributed by atoms with E-state index in [9.17, 15) is 9.59 Å². The Bertz CT molecular complexity index is 909. The highest BCUT2D eigenvalue weighted by atomic mass is 16.5. The Hall–Kier alpha value is -3.36. The first-order valence-electron chi connectivity index (χ1n) is 7.30. The van der Waals surface area contributed by atoms with Gasteiger partial charge in [0.2, 0.25) is 11.7 Å². The molecule has 9 nitrogen and oxygen atoms in total. The number of hydrogen-bond acceptors (Lipinski definition) is 7. The van der Waals surface area contributed by atoms with Gasteiger partial charge < -0.3 is 9.42 Å². The van der Waals surface area contributed by atoms with Gasteiger partial charge in [-0.05, 0) is 18.2 Å². The van der Waals surface area contributed by atoms with Crippen molar-refractivity contribution in [1.82, 2.24) is 30.2 Å². The monoisotopic (exact) mass is 324 g/mol. The van der Waals surface area contributed by atoms with Crippen molar-refractivity contribution in [3.8, 4) is 11.4 Å². The number of carbonyl (C=O) groups excluding carboxylic acids is 1. The van der Waals surface area contributed by atoms with Crippen molar-refractivity contribution in [3.63, 3.8) is 0 Å². The molecule has 4 rings (SSSR count). The molecule has 0 radical (unpaired) electrons. The van der Waals surface area contributed by atoms with Crippen LogP contribution in [0.4, 0.5) is 0 Å². The summed E-state index contributed by atoms with van der Waals surface area (Å²) >= 11 is 0. The SMILES string of the molecule is O=C(c1ccc(=O)[nH]n1)N1CC(c2nc(-c3cccnc3)no2)C1. The highest BCUT2D eigenvalue weighted by Gasteiger charge is 2.36. The van der Waals surface area contributed by atoms with Crippen LogP contribution in [-0.4, -0.2) is 49.2 Å². The van der Waals surface area contributed by atoms with Gasteiger partial charge in [0.15, 0.2) is 0 Å². The van der Waals surface area contributed by atoms with Crippen LogP contribution < -0.4 is 5.56 Å². The number of rotatable bonds is 3. The summed E-state index contributed by atoms with van der Waals surface area (Å²) in [4.78, 5) is 33.2. The second kappa shape index (κ2) is 5.69. The fraction of sp³-hybridized carbons (Fsp3) is 0.200. The van der Waals surface area contributed by atoms with Crippen molar-refractivity contribution in [3.05, 3.63) is 58.6 Å². The van der Waals surface area contributed by atoms with E-state index in [0.717, 1.165) is 5.56 Å². The lowest BCUT2D eigenvalue weighted by Crippen LogP contribution is -2.49. The summed E-state index contributed by atoms with van der Waals surface area (Å²) < 4.78 is 5.28. The van der Waals surface area contributed by atoms with Crippen molar-refractivity contribution in [2.45, 2.75) is 5.92 Å². The third-order valence-electron chi connectivity index (χ3n) is 3.78. The van der Waals surface area contributed by atoms with Gasteiger partial charge in [-0.2, -0.15) is 10.1 Å². The number of pyridine rings is 1. The minimum atomic E-state index is -0.346. The van der Waals surface area contributed by atoms with Crippen LogP contribution in [0.2, 0.25) is 0 Å². The summed E-state index contributed by atoms with van der Waals surface area (Å²) in [6.07, 6.45) is 3.33. The molecule has 9 heteroatoms. The fourth-order valence-corrected chi connectivity index (χ4v) is 2.44. The summed E-state index contributed by atoms with van der Waals surface area (Å²) in [5.41, 5.74) is 0.633. The normalized spacial score (nSPS) is 14.4. The van der Waals surface area contributed by atoms with E-state index in [1.54, 1.807) is 23.4 Å². The molecule has 1 N–H and O–H groups in total. The van der Waals surface area contributed by atoms with Crippen LogP contribution >= 0.6 is 0 Å². The van der Waals surface area contributed by atoms with Gasteiger partial charge in [0.25, 0.3) is 11.5 Å². The van der Waals surface area contributed by atoms with Crippen LogP contribution in [-0.2, 0) is 0 Å². The summed E-state index contributed by atoms with van der Waals surface area (Å²) in [6, 6.07) is 6.32. The minimum Gasteiger partial charge on any atom is -0.339 e. The Morgan fingerprint density at radius 1 is 1.29 bits per heavy atom. The Labute approximate surface area is 135 Å². The third-order valence-corrected chi connectivity index (χ3v) is 3.78. The van der Waals surface area contributed by atoms with Crippen molar-refractivity contribution >= 4 is 5.91 Å². The summed E-state index contributed by atoms with van der Waals surface area (Å²) in [5.74, 6) is 0.724. The highest BCUT2D eigenvalue weighted by Crippen LogP contribution is 2.28. The van der Waals surface area contributed by atoms with E-state index in [0.29, 0.717) is 24.8 Å². The molecule has 0 spiro atoms. The van der Waals surface area contributed by atoms with Gasteiger partial charge in [-0.3, -0.25) is 14.6 Å². The van der Waals surface area contributed by atoms with Gasteiger partial charge in [0.1, 0.15) is 5.69 Å². The Morgan fingerprint density at radius 2 is 2.17 bits per heavy atom. The number of hydrogen-bond donors (Lipinski definition) is 1. The zero-order chi connectivity index (χ0) is 16.5. The molecule has 0 unspecified atom stereocenters. The predicted octanol–water partition coefficient (Wildman–Crippen LogP) is 0.455. The van der Waals surface area contributed by atoms with Crippen LogP contribution in [0.5, 0.6) is 0 Å². The van der Waals surface area contributed by atoms with Gasteiger partial charge in [0.05, 0.1) is 5.92 Å². The molecule has 0 bridgehead atoms. The second-order valence-electron chi connectivity index (χ2n) is 5.41. The van der Waals surface area contributed by atoms with Crippen LogP contribution in [0.25, 0.3) is 11.4 Å². The molecule has 1 aliphatic heterocycles. The number of amides is 1. The number of H-pyrrole nitrogens is 1. The van der Waals surface area contributed by atoms with Crippen molar-refractivity contribution in [2.24, 2.45) is 0 Å². The van der Waals surface area contributed by atoms with Crippen LogP contribution in [0, 0.1) is 0 Å².